The largest absolute Gasteiger partial charge is 0.351 e. The maximum Gasteiger partial charge on any atom is 0.255 e. The van der Waals surface area contributed by atoms with Crippen molar-refractivity contribution < 1.29 is 4.79 Å². The van der Waals surface area contributed by atoms with Gasteiger partial charge in [0, 0.05) is 29.8 Å². The van der Waals surface area contributed by atoms with Crippen LogP contribution in [-0.2, 0) is 12.3 Å². The Morgan fingerprint density at radius 3 is 2.50 bits per heavy atom. The molecular formula is C24H23N3OS2. The summed E-state index contributed by atoms with van der Waals surface area (Å²) in [5.74, 6) is 1.77. The molecule has 0 aliphatic carbocycles. The Labute approximate surface area is 185 Å². The van der Waals surface area contributed by atoms with Crippen molar-refractivity contribution in [3.05, 3.63) is 100 Å². The molecule has 0 saturated heterocycles. The second-order valence-electron chi connectivity index (χ2n) is 6.88. The molecule has 152 valence electrons. The van der Waals surface area contributed by atoms with Gasteiger partial charge in [0.2, 0.25) is 0 Å². The van der Waals surface area contributed by atoms with Gasteiger partial charge in [0.1, 0.15) is 5.69 Å². The number of thiophene rings is 1. The van der Waals surface area contributed by atoms with Crippen LogP contribution < -0.4 is 5.32 Å². The average molecular weight is 434 g/mol. The second-order valence-corrected chi connectivity index (χ2v) is 8.77. The Kier molecular flexibility index (Phi) is 7.00. The van der Waals surface area contributed by atoms with Crippen LogP contribution in [0, 0.1) is 0 Å². The zero-order valence-corrected chi connectivity index (χ0v) is 18.2. The molecule has 6 heteroatoms. The highest BCUT2D eigenvalue weighted by Gasteiger charge is 2.17. The number of carbonyl (C=O) groups is 1. The third kappa shape index (κ3) is 5.40. The molecule has 0 unspecified atom stereocenters. The van der Waals surface area contributed by atoms with Crippen LogP contribution in [0.15, 0.2) is 83.7 Å². The normalized spacial score (nSPS) is 10.8. The standard InChI is InChI=1S/C24H23N3OS2/c28-24(25-12-14-30-18-20-11-13-29-17-20)22-16-27(15-19-7-3-1-4-8-19)26-23(22)21-9-5-2-6-10-21/h1-11,13,16-17H,12,14-15,18H2,(H,25,28). The topological polar surface area (TPSA) is 46.9 Å². The van der Waals surface area contributed by atoms with Gasteiger partial charge >= 0.3 is 0 Å². The highest BCUT2D eigenvalue weighted by atomic mass is 32.2. The van der Waals surface area contributed by atoms with Crippen molar-refractivity contribution in [1.82, 2.24) is 15.1 Å². The average Bonchev–Trinajstić information content (AvgIpc) is 3.45. The number of hydrogen-bond acceptors (Lipinski definition) is 4. The van der Waals surface area contributed by atoms with E-state index in [2.05, 4.69) is 34.3 Å². The van der Waals surface area contributed by atoms with Crippen LogP contribution in [0.25, 0.3) is 11.3 Å². The van der Waals surface area contributed by atoms with Gasteiger partial charge in [-0.2, -0.15) is 28.2 Å². The molecule has 0 aliphatic rings. The maximum absolute atomic E-state index is 12.9. The molecule has 2 heterocycles. The van der Waals surface area contributed by atoms with E-state index >= 15 is 0 Å². The van der Waals surface area contributed by atoms with Gasteiger partial charge in [0.05, 0.1) is 12.1 Å². The summed E-state index contributed by atoms with van der Waals surface area (Å²) in [7, 11) is 0. The summed E-state index contributed by atoms with van der Waals surface area (Å²) in [6.45, 7) is 1.26. The summed E-state index contributed by atoms with van der Waals surface area (Å²) in [6, 6.07) is 22.2. The zero-order chi connectivity index (χ0) is 20.6. The van der Waals surface area contributed by atoms with Crippen LogP contribution in [0.5, 0.6) is 0 Å². The van der Waals surface area contributed by atoms with Crippen LogP contribution in [0.1, 0.15) is 21.5 Å². The number of benzene rings is 2. The minimum Gasteiger partial charge on any atom is -0.351 e. The Morgan fingerprint density at radius 2 is 1.77 bits per heavy atom. The molecule has 30 heavy (non-hydrogen) atoms. The monoisotopic (exact) mass is 433 g/mol. The van der Waals surface area contributed by atoms with E-state index in [1.54, 1.807) is 11.3 Å². The first-order valence-electron chi connectivity index (χ1n) is 9.83. The van der Waals surface area contributed by atoms with Crippen LogP contribution in [0.3, 0.4) is 0 Å². The summed E-state index contributed by atoms with van der Waals surface area (Å²) in [5.41, 5.74) is 4.76. The van der Waals surface area contributed by atoms with Crippen molar-refractivity contribution in [2.45, 2.75) is 12.3 Å². The van der Waals surface area contributed by atoms with E-state index in [1.807, 2.05) is 71.2 Å². The summed E-state index contributed by atoms with van der Waals surface area (Å²) in [5, 5.41) is 12.0. The summed E-state index contributed by atoms with van der Waals surface area (Å²) in [6.07, 6.45) is 1.85. The maximum atomic E-state index is 12.9. The van der Waals surface area contributed by atoms with E-state index in [-0.39, 0.29) is 5.91 Å². The van der Waals surface area contributed by atoms with Gasteiger partial charge in [-0.15, -0.1) is 0 Å². The number of aromatic nitrogens is 2. The SMILES string of the molecule is O=C(NCCSCc1ccsc1)c1cn(Cc2ccccc2)nc1-c1ccccc1. The van der Waals surface area contributed by atoms with Crippen LogP contribution in [-0.4, -0.2) is 28.0 Å². The van der Waals surface area contributed by atoms with Gasteiger partial charge < -0.3 is 5.32 Å². The number of nitrogens with one attached hydrogen (secondary N) is 1. The molecule has 0 saturated carbocycles. The fourth-order valence-corrected chi connectivity index (χ4v) is 4.73. The Morgan fingerprint density at radius 1 is 1.00 bits per heavy atom. The summed E-state index contributed by atoms with van der Waals surface area (Å²) in [4.78, 5) is 12.9. The smallest absolute Gasteiger partial charge is 0.255 e. The van der Waals surface area contributed by atoms with E-state index < -0.39 is 0 Å². The van der Waals surface area contributed by atoms with Crippen molar-refractivity contribution in [2.75, 3.05) is 12.3 Å². The van der Waals surface area contributed by atoms with Crippen LogP contribution >= 0.6 is 23.1 Å². The van der Waals surface area contributed by atoms with Crippen molar-refractivity contribution in [3.63, 3.8) is 0 Å². The second kappa shape index (κ2) is 10.3. The lowest BCUT2D eigenvalue weighted by molar-refractivity contribution is 0.0956. The van der Waals surface area contributed by atoms with E-state index in [4.69, 9.17) is 5.10 Å². The lowest BCUT2D eigenvalue weighted by atomic mass is 10.1. The van der Waals surface area contributed by atoms with Gasteiger partial charge in [-0.05, 0) is 28.0 Å². The van der Waals surface area contributed by atoms with Crippen molar-refractivity contribution in [3.8, 4) is 11.3 Å². The third-order valence-corrected chi connectivity index (χ3v) is 6.38. The Bertz CT molecular complexity index is 1060. The quantitative estimate of drug-likeness (QED) is 0.363. The van der Waals surface area contributed by atoms with E-state index in [0.717, 1.165) is 28.3 Å². The van der Waals surface area contributed by atoms with Gasteiger partial charge in [0.25, 0.3) is 5.91 Å². The number of nitrogens with zero attached hydrogens (tertiary/aromatic N) is 2. The fraction of sp³-hybridized carbons (Fsp3) is 0.167. The van der Waals surface area contributed by atoms with Gasteiger partial charge in [-0.1, -0.05) is 60.7 Å². The Hall–Kier alpha value is -2.83. The molecule has 0 aliphatic heterocycles. The fourth-order valence-electron chi connectivity index (χ4n) is 3.14. The van der Waals surface area contributed by atoms with E-state index in [1.165, 1.54) is 5.56 Å². The molecule has 0 spiro atoms. The highest BCUT2D eigenvalue weighted by molar-refractivity contribution is 7.98. The predicted octanol–water partition coefficient (Wildman–Crippen LogP) is 5.32. The lowest BCUT2D eigenvalue weighted by Gasteiger charge is -2.05. The van der Waals surface area contributed by atoms with Gasteiger partial charge in [0.15, 0.2) is 0 Å². The lowest BCUT2D eigenvalue weighted by Crippen LogP contribution is -2.26. The summed E-state index contributed by atoms with van der Waals surface area (Å²) < 4.78 is 1.85. The summed E-state index contributed by atoms with van der Waals surface area (Å²) >= 11 is 3.54. The van der Waals surface area contributed by atoms with Crippen molar-refractivity contribution in [1.29, 1.82) is 0 Å². The number of thioether (sulfide) groups is 1. The number of hydrogen-bond donors (Lipinski definition) is 1. The Balaban J connectivity index is 1.44. The molecule has 1 amide bonds. The molecule has 0 bridgehead atoms. The third-order valence-electron chi connectivity index (χ3n) is 4.62. The molecule has 0 fully saturated rings. The van der Waals surface area contributed by atoms with E-state index in [0.29, 0.717) is 18.7 Å². The van der Waals surface area contributed by atoms with Crippen molar-refractivity contribution in [2.24, 2.45) is 0 Å². The molecule has 4 rings (SSSR count). The molecule has 2 aromatic carbocycles. The molecular weight excluding hydrogens is 410 g/mol. The minimum atomic E-state index is -0.0794. The predicted molar refractivity (Wildman–Crippen MR) is 126 cm³/mol. The minimum absolute atomic E-state index is 0.0794. The van der Waals surface area contributed by atoms with Gasteiger partial charge in [-0.25, -0.2) is 0 Å². The zero-order valence-electron chi connectivity index (χ0n) is 16.5. The van der Waals surface area contributed by atoms with Crippen LogP contribution in [0.4, 0.5) is 0 Å². The van der Waals surface area contributed by atoms with Gasteiger partial charge in [-0.3, -0.25) is 9.48 Å². The number of carbonyl (C=O) groups excluding carboxylic acids is 1. The number of amides is 1. The molecule has 2 aromatic heterocycles. The molecule has 4 aromatic rings. The molecule has 0 atom stereocenters. The number of rotatable bonds is 9. The van der Waals surface area contributed by atoms with E-state index in [9.17, 15) is 4.79 Å². The first-order valence-corrected chi connectivity index (χ1v) is 11.9. The van der Waals surface area contributed by atoms with Crippen LogP contribution in [0.2, 0.25) is 0 Å². The first-order chi connectivity index (χ1) is 14.8. The highest BCUT2D eigenvalue weighted by Crippen LogP contribution is 2.22. The molecule has 4 nitrogen and oxygen atoms in total. The van der Waals surface area contributed by atoms with Crippen molar-refractivity contribution >= 4 is 29.0 Å². The first kappa shape index (κ1) is 20.4. The molecule has 0 radical (unpaired) electrons. The molecule has 1 N–H and O–H groups in total.